The second-order valence-corrected chi connectivity index (χ2v) is 6.10. The van der Waals surface area contributed by atoms with Gasteiger partial charge in [0.15, 0.2) is 0 Å². The van der Waals surface area contributed by atoms with Gasteiger partial charge in [-0.1, -0.05) is 36.4 Å². The molecule has 0 aliphatic heterocycles. The van der Waals surface area contributed by atoms with Crippen molar-refractivity contribution in [2.75, 3.05) is 0 Å². The summed E-state index contributed by atoms with van der Waals surface area (Å²) in [6, 6.07) is 12.0. The molecule has 28 heavy (non-hydrogen) atoms. The van der Waals surface area contributed by atoms with Crippen LogP contribution in [0.15, 0.2) is 61.1 Å². The Morgan fingerprint density at radius 2 is 1.75 bits per heavy atom. The van der Waals surface area contributed by atoms with Crippen LogP contribution in [0.3, 0.4) is 0 Å². The molecule has 0 bridgehead atoms. The molecule has 0 saturated carbocycles. The number of aromatic nitrogens is 3. The lowest BCUT2D eigenvalue weighted by atomic mass is 9.88. The Bertz CT molecular complexity index is 1180. The van der Waals surface area contributed by atoms with Crippen LogP contribution in [0, 0.1) is 0 Å². The number of benzene rings is 2. The van der Waals surface area contributed by atoms with E-state index in [9.17, 15) is 18.0 Å². The number of aromatic amines is 1. The first-order valence-corrected chi connectivity index (χ1v) is 8.26. The lowest BCUT2D eigenvalue weighted by Gasteiger charge is -2.20. The molecule has 2 aromatic carbocycles. The lowest BCUT2D eigenvalue weighted by Crippen LogP contribution is -2.18. The maximum absolute atomic E-state index is 14.2. The van der Waals surface area contributed by atoms with Crippen LogP contribution in [-0.2, 0) is 6.18 Å². The van der Waals surface area contributed by atoms with Gasteiger partial charge in [-0.3, -0.25) is 4.79 Å². The van der Waals surface area contributed by atoms with Gasteiger partial charge in [-0.25, -0.2) is 9.97 Å². The number of alkyl halides is 3. The zero-order valence-corrected chi connectivity index (χ0v) is 14.3. The Morgan fingerprint density at radius 3 is 2.43 bits per heavy atom. The van der Waals surface area contributed by atoms with Crippen molar-refractivity contribution in [3.8, 4) is 22.4 Å². The predicted molar refractivity (Wildman–Crippen MR) is 98.3 cm³/mol. The van der Waals surface area contributed by atoms with Crippen molar-refractivity contribution in [3.05, 3.63) is 72.2 Å². The van der Waals surface area contributed by atoms with Gasteiger partial charge < -0.3 is 10.7 Å². The number of primary amides is 1. The van der Waals surface area contributed by atoms with Crippen molar-refractivity contribution in [1.82, 2.24) is 15.0 Å². The number of hydrogen-bond donors (Lipinski definition) is 2. The van der Waals surface area contributed by atoms with Gasteiger partial charge in [-0.2, -0.15) is 13.2 Å². The number of H-pyrrole nitrogens is 1. The quantitative estimate of drug-likeness (QED) is 0.550. The Morgan fingerprint density at radius 1 is 1.00 bits per heavy atom. The number of amides is 1. The van der Waals surface area contributed by atoms with E-state index in [1.165, 1.54) is 30.6 Å². The Labute approximate surface area is 157 Å². The van der Waals surface area contributed by atoms with Gasteiger partial charge in [0.25, 0.3) is 0 Å². The van der Waals surface area contributed by atoms with Crippen LogP contribution in [0.1, 0.15) is 15.9 Å². The van der Waals surface area contributed by atoms with E-state index in [0.717, 1.165) is 0 Å². The molecule has 8 heteroatoms. The number of halogens is 3. The number of fused-ring (bicyclic) bond motifs is 1. The normalized spacial score (nSPS) is 11.7. The van der Waals surface area contributed by atoms with Crippen LogP contribution in [0.25, 0.3) is 33.4 Å². The third kappa shape index (κ3) is 2.88. The highest BCUT2D eigenvalue weighted by atomic mass is 19.4. The number of nitrogens with one attached hydrogen (secondary N) is 1. The molecule has 0 spiro atoms. The van der Waals surface area contributed by atoms with E-state index in [4.69, 9.17) is 5.73 Å². The monoisotopic (exact) mass is 382 g/mol. The van der Waals surface area contributed by atoms with Crippen LogP contribution >= 0.6 is 0 Å². The topological polar surface area (TPSA) is 84.7 Å². The maximum atomic E-state index is 14.2. The third-order valence-corrected chi connectivity index (χ3v) is 4.43. The third-order valence-electron chi connectivity index (χ3n) is 4.43. The van der Waals surface area contributed by atoms with E-state index >= 15 is 0 Å². The van der Waals surface area contributed by atoms with Crippen molar-refractivity contribution in [2.24, 2.45) is 5.73 Å². The van der Waals surface area contributed by atoms with Crippen molar-refractivity contribution < 1.29 is 18.0 Å². The van der Waals surface area contributed by atoms with Gasteiger partial charge in [-0.15, -0.1) is 0 Å². The molecule has 0 aliphatic rings. The molecule has 2 heterocycles. The fourth-order valence-electron chi connectivity index (χ4n) is 3.29. The SMILES string of the molecule is NC(=O)c1ccc(-c2ncnc3[nH]ccc23)c(C(F)(F)F)c1-c1ccccc1. The molecule has 0 aliphatic carbocycles. The van der Waals surface area contributed by atoms with Crippen LogP contribution < -0.4 is 5.73 Å². The standard InChI is InChI=1S/C20H13F3N4O/c21-20(22,23)16-13(17-14-8-9-25-19(14)27-10-26-17)7-6-12(18(24)28)15(16)11-4-2-1-3-5-11/h1-10H,(H2,24,28)(H,25,26,27). The molecule has 3 N–H and O–H groups in total. The highest BCUT2D eigenvalue weighted by molar-refractivity contribution is 6.03. The minimum atomic E-state index is -4.75. The highest BCUT2D eigenvalue weighted by Crippen LogP contribution is 2.45. The van der Waals surface area contributed by atoms with E-state index in [0.29, 0.717) is 11.0 Å². The van der Waals surface area contributed by atoms with Gasteiger partial charge in [0.2, 0.25) is 5.91 Å². The summed E-state index contributed by atoms with van der Waals surface area (Å²) < 4.78 is 42.7. The van der Waals surface area contributed by atoms with Crippen LogP contribution in [0.5, 0.6) is 0 Å². The maximum Gasteiger partial charge on any atom is 0.417 e. The Kier molecular flexibility index (Phi) is 4.11. The number of nitrogens with two attached hydrogens (primary N) is 1. The number of nitrogens with zero attached hydrogens (tertiary/aromatic N) is 2. The van der Waals surface area contributed by atoms with Crippen molar-refractivity contribution in [3.63, 3.8) is 0 Å². The van der Waals surface area contributed by atoms with Gasteiger partial charge in [0.1, 0.15) is 12.0 Å². The Balaban J connectivity index is 2.15. The van der Waals surface area contributed by atoms with E-state index in [1.807, 2.05) is 0 Å². The smallest absolute Gasteiger partial charge is 0.366 e. The molecule has 2 aromatic heterocycles. The number of carbonyl (C=O) groups excluding carboxylic acids is 1. The fourth-order valence-corrected chi connectivity index (χ4v) is 3.29. The molecule has 4 aromatic rings. The van der Waals surface area contributed by atoms with Gasteiger partial charge >= 0.3 is 6.18 Å². The van der Waals surface area contributed by atoms with E-state index < -0.39 is 17.6 Å². The minimum absolute atomic E-state index is 0.117. The molecule has 0 radical (unpaired) electrons. The number of rotatable bonds is 3. The summed E-state index contributed by atoms with van der Waals surface area (Å²) in [5.74, 6) is -0.939. The number of hydrogen-bond acceptors (Lipinski definition) is 3. The largest absolute Gasteiger partial charge is 0.417 e. The van der Waals surface area contributed by atoms with Crippen molar-refractivity contribution >= 4 is 16.9 Å². The number of carbonyl (C=O) groups is 1. The molecule has 5 nitrogen and oxygen atoms in total. The molecule has 140 valence electrons. The second kappa shape index (κ2) is 6.49. The summed E-state index contributed by atoms with van der Waals surface area (Å²) in [4.78, 5) is 22.9. The van der Waals surface area contributed by atoms with E-state index in [1.54, 1.807) is 30.5 Å². The zero-order valence-electron chi connectivity index (χ0n) is 14.3. The first kappa shape index (κ1) is 17.7. The highest BCUT2D eigenvalue weighted by Gasteiger charge is 2.39. The van der Waals surface area contributed by atoms with Crippen LogP contribution in [-0.4, -0.2) is 20.9 Å². The summed E-state index contributed by atoms with van der Waals surface area (Å²) in [7, 11) is 0. The molecular formula is C20H13F3N4O. The van der Waals surface area contributed by atoms with E-state index in [-0.39, 0.29) is 27.9 Å². The molecule has 0 atom stereocenters. The van der Waals surface area contributed by atoms with Gasteiger partial charge in [-0.05, 0) is 17.7 Å². The molecule has 0 unspecified atom stereocenters. The molecule has 4 rings (SSSR count). The molecule has 1 amide bonds. The Hall–Kier alpha value is -3.68. The van der Waals surface area contributed by atoms with Crippen molar-refractivity contribution in [2.45, 2.75) is 6.18 Å². The summed E-state index contributed by atoms with van der Waals surface area (Å²) in [6.45, 7) is 0. The fraction of sp³-hybridized carbons (Fsp3) is 0.0500. The lowest BCUT2D eigenvalue weighted by molar-refractivity contribution is -0.136. The average Bonchev–Trinajstić information content (AvgIpc) is 3.15. The first-order valence-electron chi connectivity index (χ1n) is 8.26. The summed E-state index contributed by atoms with van der Waals surface area (Å²) in [5.41, 5.74) is 4.58. The summed E-state index contributed by atoms with van der Waals surface area (Å²) >= 11 is 0. The first-order chi connectivity index (χ1) is 13.4. The van der Waals surface area contributed by atoms with Gasteiger partial charge in [0, 0.05) is 28.3 Å². The second-order valence-electron chi connectivity index (χ2n) is 6.10. The van der Waals surface area contributed by atoms with Crippen LogP contribution in [0.2, 0.25) is 0 Å². The average molecular weight is 382 g/mol. The van der Waals surface area contributed by atoms with Crippen molar-refractivity contribution in [1.29, 1.82) is 0 Å². The molecule has 0 fully saturated rings. The molecular weight excluding hydrogens is 369 g/mol. The van der Waals surface area contributed by atoms with E-state index in [2.05, 4.69) is 15.0 Å². The van der Waals surface area contributed by atoms with Crippen LogP contribution in [0.4, 0.5) is 13.2 Å². The zero-order chi connectivity index (χ0) is 19.9. The summed E-state index contributed by atoms with van der Waals surface area (Å²) in [6.07, 6.45) is -1.98. The minimum Gasteiger partial charge on any atom is -0.366 e. The predicted octanol–water partition coefficient (Wildman–Crippen LogP) is 4.41. The molecule has 0 saturated heterocycles. The van der Waals surface area contributed by atoms with Gasteiger partial charge in [0.05, 0.1) is 11.3 Å². The summed E-state index contributed by atoms with van der Waals surface area (Å²) in [5, 5.41) is 0.443.